The smallest absolute Gasteiger partial charge is 0.243 e. The zero-order valence-electron chi connectivity index (χ0n) is 30.1. The summed E-state index contributed by atoms with van der Waals surface area (Å²) < 4.78 is 21.9. The highest BCUT2D eigenvalue weighted by molar-refractivity contribution is 5.89. The Hall–Kier alpha value is -4.24. The van der Waals surface area contributed by atoms with Gasteiger partial charge in [0.05, 0.1) is 28.4 Å². The van der Waals surface area contributed by atoms with E-state index < -0.39 is 0 Å². The maximum Gasteiger partial charge on any atom is 0.243 e. The minimum Gasteiger partial charge on any atom is -0.493 e. The van der Waals surface area contributed by atoms with Crippen molar-refractivity contribution in [3.63, 3.8) is 0 Å². The molecule has 0 bridgehead atoms. The quantitative estimate of drug-likeness (QED) is 0.179. The maximum absolute atomic E-state index is 12.6. The van der Waals surface area contributed by atoms with E-state index in [0.29, 0.717) is 24.6 Å². The SMILES string of the molecule is COc1cc2c(cc1OC)C(C)(C)C(/C=C/C(=O)NCCCN(C)CCCNC(=O)/C=C/C1Cc3cc(OC)c(OC)cc3C1(C)C)=C2. The number of benzene rings is 2. The maximum atomic E-state index is 12.6. The minimum atomic E-state index is -0.256. The highest BCUT2D eigenvalue weighted by atomic mass is 16.5. The Labute approximate surface area is 286 Å². The first kappa shape index (κ1) is 36.6. The number of nitrogens with one attached hydrogen (secondary N) is 2. The summed E-state index contributed by atoms with van der Waals surface area (Å²) in [7, 11) is 8.62. The predicted octanol–water partition coefficient (Wildman–Crippen LogP) is 5.60. The van der Waals surface area contributed by atoms with Crippen LogP contribution >= 0.6 is 0 Å². The summed E-state index contributed by atoms with van der Waals surface area (Å²) in [5.41, 5.74) is 5.35. The van der Waals surface area contributed by atoms with Crippen molar-refractivity contribution in [3.8, 4) is 23.0 Å². The number of fused-ring (bicyclic) bond motifs is 2. The molecule has 0 saturated carbocycles. The monoisotopic (exact) mass is 659 g/mol. The lowest BCUT2D eigenvalue weighted by molar-refractivity contribution is -0.117. The summed E-state index contributed by atoms with van der Waals surface area (Å²) in [6, 6.07) is 8.11. The number of amides is 2. The average Bonchev–Trinajstić information content (AvgIpc) is 3.47. The molecular weight excluding hydrogens is 606 g/mol. The van der Waals surface area contributed by atoms with Crippen LogP contribution in [0, 0.1) is 5.92 Å². The molecule has 0 radical (unpaired) electrons. The van der Waals surface area contributed by atoms with Gasteiger partial charge in [0.15, 0.2) is 23.0 Å². The summed E-state index contributed by atoms with van der Waals surface area (Å²) in [5.74, 6) is 2.86. The minimum absolute atomic E-state index is 0.0737. The molecular formula is C39H53N3O6. The number of methoxy groups -OCH3 is 4. The first-order valence-electron chi connectivity index (χ1n) is 16.7. The molecule has 0 heterocycles. The number of carbonyl (C=O) groups is 2. The Balaban J connectivity index is 1.13. The van der Waals surface area contributed by atoms with Gasteiger partial charge in [0.2, 0.25) is 11.8 Å². The predicted molar refractivity (Wildman–Crippen MR) is 191 cm³/mol. The van der Waals surface area contributed by atoms with Crippen molar-refractivity contribution in [2.45, 2.75) is 57.8 Å². The topological polar surface area (TPSA) is 98.4 Å². The van der Waals surface area contributed by atoms with Gasteiger partial charge in [-0.2, -0.15) is 0 Å². The first-order chi connectivity index (χ1) is 22.8. The lowest BCUT2D eigenvalue weighted by Crippen LogP contribution is -2.30. The van der Waals surface area contributed by atoms with Crippen molar-refractivity contribution >= 4 is 17.9 Å². The fraction of sp³-hybridized carbons (Fsp3) is 0.487. The molecule has 2 aromatic carbocycles. The van der Waals surface area contributed by atoms with Crippen molar-refractivity contribution in [1.82, 2.24) is 15.5 Å². The highest BCUT2D eigenvalue weighted by Gasteiger charge is 2.39. The molecule has 0 aliphatic heterocycles. The van der Waals surface area contributed by atoms with Crippen LogP contribution in [0.4, 0.5) is 0 Å². The van der Waals surface area contributed by atoms with E-state index in [2.05, 4.69) is 68.5 Å². The molecule has 48 heavy (non-hydrogen) atoms. The van der Waals surface area contributed by atoms with Crippen molar-refractivity contribution in [3.05, 3.63) is 76.4 Å². The highest BCUT2D eigenvalue weighted by Crippen LogP contribution is 2.48. The molecule has 2 aliphatic carbocycles. The van der Waals surface area contributed by atoms with Crippen LogP contribution in [-0.2, 0) is 26.8 Å². The molecule has 260 valence electrons. The third-order valence-electron chi connectivity index (χ3n) is 9.86. The van der Waals surface area contributed by atoms with Crippen molar-refractivity contribution in [2.24, 2.45) is 5.92 Å². The van der Waals surface area contributed by atoms with Gasteiger partial charge >= 0.3 is 0 Å². The Kier molecular flexibility index (Phi) is 12.0. The Morgan fingerprint density at radius 2 is 1.31 bits per heavy atom. The molecule has 1 atom stereocenters. The zero-order valence-corrected chi connectivity index (χ0v) is 30.1. The van der Waals surface area contributed by atoms with Crippen molar-refractivity contribution in [1.29, 1.82) is 0 Å². The summed E-state index contributed by atoms with van der Waals surface area (Å²) in [4.78, 5) is 27.3. The lowest BCUT2D eigenvalue weighted by Gasteiger charge is -2.26. The molecule has 9 heteroatoms. The van der Waals surface area contributed by atoms with Crippen molar-refractivity contribution in [2.75, 3.05) is 61.7 Å². The first-order valence-corrected chi connectivity index (χ1v) is 16.7. The number of carbonyl (C=O) groups excluding carboxylic acids is 2. The number of allylic oxidation sites excluding steroid dienone is 3. The lowest BCUT2D eigenvalue weighted by atomic mass is 9.78. The molecule has 0 aromatic heterocycles. The molecule has 4 rings (SSSR count). The molecule has 0 spiro atoms. The molecule has 0 saturated heterocycles. The van der Waals surface area contributed by atoms with Crippen LogP contribution in [0.5, 0.6) is 23.0 Å². The van der Waals surface area contributed by atoms with Gasteiger partial charge in [-0.3, -0.25) is 9.59 Å². The fourth-order valence-corrected chi connectivity index (χ4v) is 6.73. The average molecular weight is 660 g/mol. The van der Waals surface area contributed by atoms with Gasteiger partial charge in [0.1, 0.15) is 0 Å². The number of rotatable bonds is 16. The largest absolute Gasteiger partial charge is 0.493 e. The van der Waals surface area contributed by atoms with E-state index >= 15 is 0 Å². The standard InChI is InChI=1S/C39H53N3O6/c1-38(2)28(20-26-22-32(45-6)34(47-8)24-30(26)38)12-14-36(43)40-16-10-18-42(5)19-11-17-41-37(44)15-13-29-21-27-23-33(46-7)35(48-9)25-31(27)39(29,3)4/h12-15,20,22-25,29H,10-11,16-19,21H2,1-9H3,(H,40,43)(H,41,44)/b14-12+,15-13+. The van der Waals surface area contributed by atoms with Crippen LogP contribution in [0.15, 0.2) is 54.1 Å². The van der Waals surface area contributed by atoms with Crippen LogP contribution in [0.2, 0.25) is 0 Å². The van der Waals surface area contributed by atoms with E-state index in [1.807, 2.05) is 24.3 Å². The van der Waals surface area contributed by atoms with Crippen LogP contribution in [0.3, 0.4) is 0 Å². The van der Waals surface area contributed by atoms with E-state index in [-0.39, 0.29) is 28.6 Å². The molecule has 2 amide bonds. The molecule has 1 unspecified atom stereocenters. The Morgan fingerprint density at radius 1 is 0.792 bits per heavy atom. The molecule has 9 nitrogen and oxygen atoms in total. The van der Waals surface area contributed by atoms with Gasteiger partial charge in [0.25, 0.3) is 0 Å². The van der Waals surface area contributed by atoms with E-state index in [1.165, 1.54) is 11.1 Å². The van der Waals surface area contributed by atoms with Crippen LogP contribution in [0.1, 0.15) is 62.8 Å². The van der Waals surface area contributed by atoms with Crippen LogP contribution in [0.25, 0.3) is 6.08 Å². The number of hydrogen-bond donors (Lipinski definition) is 2. The van der Waals surface area contributed by atoms with Crippen LogP contribution < -0.4 is 29.6 Å². The van der Waals surface area contributed by atoms with E-state index in [0.717, 1.165) is 60.6 Å². The van der Waals surface area contributed by atoms with Gasteiger partial charge in [-0.05, 0) is 109 Å². The Bertz CT molecular complexity index is 1570. The summed E-state index contributed by atoms with van der Waals surface area (Å²) in [5, 5.41) is 6.01. The zero-order chi connectivity index (χ0) is 35.1. The second-order valence-corrected chi connectivity index (χ2v) is 13.7. The van der Waals surface area contributed by atoms with Gasteiger partial charge in [0, 0.05) is 24.6 Å². The van der Waals surface area contributed by atoms with Gasteiger partial charge in [-0.1, -0.05) is 45.9 Å². The summed E-state index contributed by atoms with van der Waals surface area (Å²) in [6.07, 6.45) is 11.8. The normalized spacial score (nSPS) is 17.3. The third kappa shape index (κ3) is 8.24. The number of ether oxygens (including phenoxy) is 4. The molecule has 2 aliphatic rings. The van der Waals surface area contributed by atoms with Gasteiger partial charge in [-0.25, -0.2) is 0 Å². The van der Waals surface area contributed by atoms with Crippen molar-refractivity contribution < 1.29 is 28.5 Å². The second kappa shape index (κ2) is 15.8. The molecule has 0 fully saturated rings. The third-order valence-corrected chi connectivity index (χ3v) is 9.86. The van der Waals surface area contributed by atoms with E-state index in [4.69, 9.17) is 18.9 Å². The van der Waals surface area contributed by atoms with Gasteiger partial charge < -0.3 is 34.5 Å². The molecule has 2 aromatic rings. The fourth-order valence-electron chi connectivity index (χ4n) is 6.73. The summed E-state index contributed by atoms with van der Waals surface area (Å²) in [6.45, 7) is 11.6. The van der Waals surface area contributed by atoms with E-state index in [9.17, 15) is 9.59 Å². The molecule has 2 N–H and O–H groups in total. The van der Waals surface area contributed by atoms with E-state index in [1.54, 1.807) is 40.6 Å². The second-order valence-electron chi connectivity index (χ2n) is 13.7. The van der Waals surface area contributed by atoms with Gasteiger partial charge in [-0.15, -0.1) is 0 Å². The number of nitrogens with zero attached hydrogens (tertiary/aromatic N) is 1. The Morgan fingerprint density at radius 3 is 1.90 bits per heavy atom. The number of hydrogen-bond acceptors (Lipinski definition) is 7. The van der Waals surface area contributed by atoms with Crippen LogP contribution in [-0.4, -0.2) is 78.4 Å². The summed E-state index contributed by atoms with van der Waals surface area (Å²) >= 11 is 0.